The molecule has 1 heterocycles. The molecule has 3 atom stereocenters. The van der Waals surface area contributed by atoms with Crippen LogP contribution in [0.5, 0.6) is 0 Å². The van der Waals surface area contributed by atoms with Crippen LogP contribution in [0.15, 0.2) is 42.5 Å². The van der Waals surface area contributed by atoms with Crippen LogP contribution in [-0.4, -0.2) is 57.2 Å². The molecule has 3 unspecified atom stereocenters. The number of rotatable bonds is 9. The fourth-order valence-corrected chi connectivity index (χ4v) is 4.16. The van der Waals surface area contributed by atoms with Gasteiger partial charge in [0, 0.05) is 32.5 Å². The summed E-state index contributed by atoms with van der Waals surface area (Å²) in [7, 11) is 1.66. The lowest BCUT2D eigenvalue weighted by molar-refractivity contribution is -0.135. The molecule has 2 aromatic rings. The number of aryl methyl sites for hydroxylation is 1. The van der Waals surface area contributed by atoms with E-state index in [-0.39, 0.29) is 23.5 Å². The zero-order chi connectivity index (χ0) is 24.7. The van der Waals surface area contributed by atoms with Crippen molar-refractivity contribution in [2.75, 3.05) is 26.8 Å². The van der Waals surface area contributed by atoms with Crippen LogP contribution in [0.1, 0.15) is 43.9 Å². The molecule has 2 aromatic carbocycles. The van der Waals surface area contributed by atoms with E-state index in [1.165, 1.54) is 11.8 Å². The Morgan fingerprint density at radius 3 is 2.56 bits per heavy atom. The van der Waals surface area contributed by atoms with Crippen molar-refractivity contribution >= 4 is 12.1 Å². The van der Waals surface area contributed by atoms with Gasteiger partial charge in [0.2, 0.25) is 0 Å². The summed E-state index contributed by atoms with van der Waals surface area (Å²) in [6.07, 6.45) is 2.52. The molecule has 0 saturated carbocycles. The average molecular weight is 466 g/mol. The van der Waals surface area contributed by atoms with Crippen molar-refractivity contribution in [2.24, 2.45) is 5.41 Å². The van der Waals surface area contributed by atoms with Gasteiger partial charge in [-0.15, -0.1) is 0 Å². The van der Waals surface area contributed by atoms with Crippen molar-refractivity contribution in [3.63, 3.8) is 0 Å². The third kappa shape index (κ3) is 6.53. The second kappa shape index (κ2) is 11.7. The molecular formula is C28H39N3O3. The summed E-state index contributed by atoms with van der Waals surface area (Å²) in [4.78, 5) is 13.1. The molecule has 0 aromatic heterocycles. The minimum Gasteiger partial charge on any atom is -0.378 e. The highest BCUT2D eigenvalue weighted by atomic mass is 16.5. The molecule has 1 aliphatic heterocycles. The number of benzene rings is 2. The predicted octanol–water partition coefficient (Wildman–Crippen LogP) is 4.13. The van der Waals surface area contributed by atoms with Gasteiger partial charge in [0.25, 0.3) is 5.91 Å². The summed E-state index contributed by atoms with van der Waals surface area (Å²) in [6.45, 7) is 10.2. The molecule has 3 N–H and O–H groups in total. The van der Waals surface area contributed by atoms with E-state index in [0.717, 1.165) is 35.1 Å². The van der Waals surface area contributed by atoms with Crippen LogP contribution in [0.2, 0.25) is 0 Å². The number of methoxy groups -OCH3 is 1. The molecule has 6 heteroatoms. The standard InChI is InChI=1S/C28H39N3O3/c1-6-28(3,4)26(31-27(32)25-17-30-16-24(33-5)18-34-25)14-20-7-9-21(10-8-20)22-11-12-23(15-29)19(2)13-22/h7-13,15,24-26,29-30H,6,14,16-18H2,1-5H3,(H,31,32). The Bertz CT molecular complexity index is 971. The highest BCUT2D eigenvalue weighted by molar-refractivity contribution is 5.82. The Kier molecular flexibility index (Phi) is 9.00. The second-order valence-electron chi connectivity index (χ2n) is 9.86. The van der Waals surface area contributed by atoms with Crippen LogP contribution >= 0.6 is 0 Å². The van der Waals surface area contributed by atoms with Gasteiger partial charge in [0.1, 0.15) is 6.10 Å². The summed E-state index contributed by atoms with van der Waals surface area (Å²) < 4.78 is 11.2. The van der Waals surface area contributed by atoms with E-state index < -0.39 is 6.10 Å². The third-order valence-electron chi connectivity index (χ3n) is 7.13. The van der Waals surface area contributed by atoms with Gasteiger partial charge in [0.15, 0.2) is 0 Å². The fraction of sp³-hybridized carbons (Fsp3) is 0.500. The SMILES string of the molecule is CCC(C)(C)C(Cc1ccc(-c2ccc(C=N)c(C)c2)cc1)NC(=O)C1CNCC(OC)CO1. The molecular weight excluding hydrogens is 426 g/mol. The highest BCUT2D eigenvalue weighted by Crippen LogP contribution is 2.29. The summed E-state index contributed by atoms with van der Waals surface area (Å²) in [5, 5.41) is 14.0. The van der Waals surface area contributed by atoms with E-state index >= 15 is 0 Å². The molecule has 1 amide bonds. The molecule has 0 bridgehead atoms. The van der Waals surface area contributed by atoms with Crippen molar-refractivity contribution in [1.29, 1.82) is 5.41 Å². The molecule has 1 fully saturated rings. The third-order valence-corrected chi connectivity index (χ3v) is 7.13. The first kappa shape index (κ1) is 26.1. The number of hydrogen-bond donors (Lipinski definition) is 3. The number of carbonyl (C=O) groups excluding carboxylic acids is 1. The van der Waals surface area contributed by atoms with Crippen molar-refractivity contribution in [2.45, 2.75) is 58.8 Å². The van der Waals surface area contributed by atoms with Crippen molar-refractivity contribution in [3.05, 3.63) is 59.2 Å². The molecule has 1 saturated heterocycles. The lowest BCUT2D eigenvalue weighted by atomic mass is 9.78. The Balaban J connectivity index is 1.71. The maximum atomic E-state index is 13.1. The Morgan fingerprint density at radius 2 is 1.94 bits per heavy atom. The monoisotopic (exact) mass is 465 g/mol. The molecule has 0 spiro atoms. The first-order chi connectivity index (χ1) is 16.3. The summed E-state index contributed by atoms with van der Waals surface area (Å²) in [6, 6.07) is 14.7. The summed E-state index contributed by atoms with van der Waals surface area (Å²) in [5.74, 6) is -0.0749. The van der Waals surface area contributed by atoms with E-state index in [0.29, 0.717) is 19.7 Å². The summed E-state index contributed by atoms with van der Waals surface area (Å²) in [5.41, 5.74) is 5.43. The van der Waals surface area contributed by atoms with Gasteiger partial charge >= 0.3 is 0 Å². The van der Waals surface area contributed by atoms with Crippen LogP contribution in [-0.2, 0) is 20.7 Å². The molecule has 1 aliphatic rings. The molecule has 0 radical (unpaired) electrons. The van der Waals surface area contributed by atoms with Crippen LogP contribution in [0.4, 0.5) is 0 Å². The minimum atomic E-state index is -0.523. The van der Waals surface area contributed by atoms with Crippen molar-refractivity contribution in [3.8, 4) is 11.1 Å². The van der Waals surface area contributed by atoms with Crippen LogP contribution < -0.4 is 10.6 Å². The van der Waals surface area contributed by atoms with Gasteiger partial charge in [-0.2, -0.15) is 0 Å². The van der Waals surface area contributed by atoms with Crippen molar-refractivity contribution < 1.29 is 14.3 Å². The molecule has 6 nitrogen and oxygen atoms in total. The second-order valence-corrected chi connectivity index (χ2v) is 9.86. The number of hydrogen-bond acceptors (Lipinski definition) is 5. The van der Waals surface area contributed by atoms with E-state index in [4.69, 9.17) is 14.9 Å². The molecule has 3 rings (SSSR count). The lowest BCUT2D eigenvalue weighted by Gasteiger charge is -2.35. The lowest BCUT2D eigenvalue weighted by Crippen LogP contribution is -2.51. The molecule has 34 heavy (non-hydrogen) atoms. The predicted molar refractivity (Wildman–Crippen MR) is 138 cm³/mol. The summed E-state index contributed by atoms with van der Waals surface area (Å²) >= 11 is 0. The van der Waals surface area contributed by atoms with Gasteiger partial charge in [-0.25, -0.2) is 0 Å². The minimum absolute atomic E-state index is 0.0185. The zero-order valence-electron chi connectivity index (χ0n) is 21.1. The number of ether oxygens (including phenoxy) is 2. The quantitative estimate of drug-likeness (QED) is 0.487. The van der Waals surface area contributed by atoms with E-state index in [1.54, 1.807) is 7.11 Å². The Hall–Kier alpha value is -2.54. The zero-order valence-corrected chi connectivity index (χ0v) is 21.1. The first-order valence-corrected chi connectivity index (χ1v) is 12.1. The van der Waals surface area contributed by atoms with Crippen LogP contribution in [0, 0.1) is 17.7 Å². The first-order valence-electron chi connectivity index (χ1n) is 12.1. The van der Waals surface area contributed by atoms with E-state index in [1.807, 2.05) is 13.0 Å². The van der Waals surface area contributed by atoms with Gasteiger partial charge < -0.3 is 25.5 Å². The topological polar surface area (TPSA) is 83.4 Å². The maximum Gasteiger partial charge on any atom is 0.250 e. The van der Waals surface area contributed by atoms with Crippen LogP contribution in [0.3, 0.4) is 0 Å². The normalized spacial score (nSPS) is 19.8. The number of carbonyl (C=O) groups is 1. The largest absolute Gasteiger partial charge is 0.378 e. The average Bonchev–Trinajstić information content (AvgIpc) is 3.10. The smallest absolute Gasteiger partial charge is 0.250 e. The van der Waals surface area contributed by atoms with Gasteiger partial charge in [0.05, 0.1) is 12.7 Å². The van der Waals surface area contributed by atoms with Crippen molar-refractivity contribution in [1.82, 2.24) is 10.6 Å². The Labute approximate surface area is 203 Å². The molecule has 0 aliphatic carbocycles. The molecule has 184 valence electrons. The van der Waals surface area contributed by atoms with E-state index in [9.17, 15) is 4.79 Å². The highest BCUT2D eigenvalue weighted by Gasteiger charge is 2.32. The maximum absolute atomic E-state index is 13.1. The number of nitrogens with one attached hydrogen (secondary N) is 3. The van der Waals surface area contributed by atoms with E-state index in [2.05, 4.69) is 67.8 Å². The van der Waals surface area contributed by atoms with Gasteiger partial charge in [-0.3, -0.25) is 4.79 Å². The fourth-order valence-electron chi connectivity index (χ4n) is 4.16. The number of amides is 1. The van der Waals surface area contributed by atoms with Gasteiger partial charge in [-0.05, 0) is 53.0 Å². The van der Waals surface area contributed by atoms with Gasteiger partial charge in [-0.1, -0.05) is 63.2 Å². The Morgan fingerprint density at radius 1 is 1.24 bits per heavy atom. The van der Waals surface area contributed by atoms with Crippen LogP contribution in [0.25, 0.3) is 11.1 Å².